The highest BCUT2D eigenvalue weighted by atomic mass is 16.5. The van der Waals surface area contributed by atoms with Gasteiger partial charge in [-0.2, -0.15) is 0 Å². The highest BCUT2D eigenvalue weighted by molar-refractivity contribution is 5.93. The summed E-state index contributed by atoms with van der Waals surface area (Å²) in [6.45, 7) is 6.09. The van der Waals surface area contributed by atoms with Crippen LogP contribution in [0.1, 0.15) is 20.8 Å². The average molecular weight is 260 g/mol. The van der Waals surface area contributed by atoms with Crippen molar-refractivity contribution >= 4 is 18.0 Å². The molecule has 0 spiro atoms. The Balaban J connectivity index is 4.07. The summed E-state index contributed by atoms with van der Waals surface area (Å²) >= 11 is 0. The Morgan fingerprint density at radius 1 is 1.00 bits per heavy atom. The van der Waals surface area contributed by atoms with E-state index >= 15 is 0 Å². The van der Waals surface area contributed by atoms with Crippen LogP contribution in [0.5, 0.6) is 0 Å². The van der Waals surface area contributed by atoms with Crippen LogP contribution in [0.25, 0.3) is 0 Å². The molecule has 0 radical (unpaired) electrons. The van der Waals surface area contributed by atoms with Crippen LogP contribution < -0.4 is 5.32 Å². The van der Waals surface area contributed by atoms with Crippen molar-refractivity contribution < 1.29 is 23.9 Å². The van der Waals surface area contributed by atoms with Crippen molar-refractivity contribution in [1.29, 1.82) is 0 Å². The van der Waals surface area contributed by atoms with Crippen molar-refractivity contribution in [2.45, 2.75) is 20.8 Å². The maximum absolute atomic E-state index is 11.4. The van der Waals surface area contributed by atoms with Crippen LogP contribution in [0, 0.1) is 0 Å². The molecular formula is C11H20N2O5. The molecule has 0 saturated heterocycles. The zero-order valence-electron chi connectivity index (χ0n) is 11.0. The van der Waals surface area contributed by atoms with E-state index in [4.69, 9.17) is 4.74 Å². The lowest BCUT2D eigenvalue weighted by Gasteiger charge is -2.18. The molecule has 0 saturated carbocycles. The monoisotopic (exact) mass is 260 g/mol. The second-order valence-corrected chi connectivity index (χ2v) is 3.38. The number of esters is 1. The maximum atomic E-state index is 11.4. The lowest BCUT2D eigenvalue weighted by Crippen LogP contribution is -2.42. The van der Waals surface area contributed by atoms with Gasteiger partial charge in [0.2, 0.25) is 5.91 Å². The molecule has 0 unspecified atom stereocenters. The number of imide groups is 1. The number of nitrogens with one attached hydrogen (secondary N) is 1. The van der Waals surface area contributed by atoms with E-state index in [0.717, 1.165) is 0 Å². The minimum absolute atomic E-state index is 0.0145. The molecule has 0 aromatic rings. The van der Waals surface area contributed by atoms with Gasteiger partial charge in [0.15, 0.2) is 0 Å². The summed E-state index contributed by atoms with van der Waals surface area (Å²) in [5.74, 6) is -0.914. The minimum Gasteiger partial charge on any atom is -0.465 e. The number of hydrogen-bond acceptors (Lipinski definition) is 6. The Hall–Kier alpha value is -1.63. The lowest BCUT2D eigenvalue weighted by molar-refractivity contribution is -0.144. The molecule has 0 rings (SSSR count). The summed E-state index contributed by atoms with van der Waals surface area (Å²) in [5.41, 5.74) is 0. The topological polar surface area (TPSA) is 84.9 Å². The zero-order valence-corrected chi connectivity index (χ0v) is 11.0. The summed E-state index contributed by atoms with van der Waals surface area (Å²) in [5, 5.41) is 2.06. The van der Waals surface area contributed by atoms with Crippen LogP contribution in [0.4, 0.5) is 4.79 Å². The molecule has 0 aromatic carbocycles. The number of ether oxygens (including phenoxy) is 2. The van der Waals surface area contributed by atoms with Gasteiger partial charge in [0.1, 0.15) is 0 Å². The fourth-order valence-corrected chi connectivity index (χ4v) is 1.19. The number of hydrogen-bond donors (Lipinski definition) is 1. The first-order valence-electron chi connectivity index (χ1n) is 5.88. The fraction of sp³-hybridized carbons (Fsp3) is 0.727. The van der Waals surface area contributed by atoms with Crippen LogP contribution in [0.2, 0.25) is 0 Å². The zero-order chi connectivity index (χ0) is 14.0. The molecule has 7 heteroatoms. The van der Waals surface area contributed by atoms with Gasteiger partial charge in [0, 0.05) is 0 Å². The summed E-state index contributed by atoms with van der Waals surface area (Å²) in [7, 11) is 0. The van der Waals surface area contributed by atoms with Gasteiger partial charge >= 0.3 is 12.1 Å². The molecule has 0 aliphatic carbocycles. The molecule has 0 aromatic heterocycles. The number of alkyl carbamates (subject to hydrolysis) is 1. The Bertz CT molecular complexity index is 293. The summed E-state index contributed by atoms with van der Waals surface area (Å²) < 4.78 is 9.34. The number of nitrogens with zero attached hydrogens (tertiary/aromatic N) is 1. The summed E-state index contributed by atoms with van der Waals surface area (Å²) in [6.07, 6.45) is -0.783. The van der Waals surface area contributed by atoms with Gasteiger partial charge in [-0.25, -0.2) is 4.79 Å². The normalized spacial score (nSPS) is 10.0. The molecule has 0 bridgehead atoms. The maximum Gasteiger partial charge on any atom is 0.413 e. The number of carbonyl (C=O) groups is 3. The van der Waals surface area contributed by atoms with Gasteiger partial charge in [-0.15, -0.1) is 0 Å². The van der Waals surface area contributed by atoms with E-state index in [1.807, 2.05) is 0 Å². The van der Waals surface area contributed by atoms with Crippen molar-refractivity contribution in [2.75, 3.05) is 32.8 Å². The highest BCUT2D eigenvalue weighted by Crippen LogP contribution is 1.90. The van der Waals surface area contributed by atoms with Gasteiger partial charge in [0.05, 0.1) is 26.3 Å². The third-order valence-corrected chi connectivity index (χ3v) is 1.99. The number of carbonyl (C=O) groups excluding carboxylic acids is 3. The van der Waals surface area contributed by atoms with E-state index in [0.29, 0.717) is 13.2 Å². The summed E-state index contributed by atoms with van der Waals surface area (Å²) in [6, 6.07) is 0. The van der Waals surface area contributed by atoms with Crippen LogP contribution in [-0.2, 0) is 19.1 Å². The molecule has 7 nitrogen and oxygen atoms in total. The SMILES string of the molecule is CCOC(=O)CN(CC)CC(=O)NC(=O)OCC. The van der Waals surface area contributed by atoms with Gasteiger partial charge in [-0.05, 0) is 20.4 Å². The van der Waals surface area contributed by atoms with Crippen LogP contribution in [0.15, 0.2) is 0 Å². The first kappa shape index (κ1) is 16.4. The van der Waals surface area contributed by atoms with E-state index in [2.05, 4.69) is 10.1 Å². The average Bonchev–Trinajstić information content (AvgIpc) is 2.28. The second-order valence-electron chi connectivity index (χ2n) is 3.38. The van der Waals surface area contributed by atoms with Gasteiger partial charge in [-0.1, -0.05) is 6.92 Å². The van der Waals surface area contributed by atoms with E-state index < -0.39 is 18.0 Å². The molecular weight excluding hydrogens is 240 g/mol. The fourth-order valence-electron chi connectivity index (χ4n) is 1.19. The molecule has 0 atom stereocenters. The van der Waals surface area contributed by atoms with Crippen LogP contribution in [0.3, 0.4) is 0 Å². The molecule has 1 N–H and O–H groups in total. The standard InChI is InChI=1S/C11H20N2O5/c1-4-13(8-10(15)17-5-2)7-9(14)12-11(16)18-6-3/h4-8H2,1-3H3,(H,12,14,16). The van der Waals surface area contributed by atoms with Crippen molar-refractivity contribution in [3.63, 3.8) is 0 Å². The molecule has 0 aliphatic rings. The quantitative estimate of drug-likeness (QED) is 0.656. The number of likely N-dealkylation sites (N-methyl/N-ethyl adjacent to an activating group) is 1. The lowest BCUT2D eigenvalue weighted by atomic mass is 10.4. The molecule has 0 aliphatic heterocycles. The molecule has 0 heterocycles. The largest absolute Gasteiger partial charge is 0.465 e. The minimum atomic E-state index is -0.783. The molecule has 18 heavy (non-hydrogen) atoms. The number of amides is 2. The van der Waals surface area contributed by atoms with Crippen molar-refractivity contribution in [2.24, 2.45) is 0 Å². The molecule has 104 valence electrons. The van der Waals surface area contributed by atoms with E-state index in [1.165, 1.54) is 0 Å². The van der Waals surface area contributed by atoms with Crippen molar-refractivity contribution in [3.05, 3.63) is 0 Å². The highest BCUT2D eigenvalue weighted by Gasteiger charge is 2.15. The summed E-state index contributed by atoms with van der Waals surface area (Å²) in [4.78, 5) is 35.2. The number of rotatable bonds is 7. The Kier molecular flexibility index (Phi) is 8.55. The molecule has 2 amide bonds. The van der Waals surface area contributed by atoms with Gasteiger partial charge in [-0.3, -0.25) is 19.8 Å². The Morgan fingerprint density at radius 2 is 1.61 bits per heavy atom. The van der Waals surface area contributed by atoms with E-state index in [-0.39, 0.29) is 19.7 Å². The van der Waals surface area contributed by atoms with E-state index in [1.54, 1.807) is 25.7 Å². The third-order valence-electron chi connectivity index (χ3n) is 1.99. The predicted molar refractivity (Wildman–Crippen MR) is 63.9 cm³/mol. The second kappa shape index (κ2) is 9.41. The smallest absolute Gasteiger partial charge is 0.413 e. The van der Waals surface area contributed by atoms with E-state index in [9.17, 15) is 14.4 Å². The third kappa shape index (κ3) is 7.61. The first-order valence-corrected chi connectivity index (χ1v) is 5.88. The van der Waals surface area contributed by atoms with Crippen LogP contribution >= 0.6 is 0 Å². The van der Waals surface area contributed by atoms with Crippen LogP contribution in [-0.4, -0.2) is 55.7 Å². The Morgan fingerprint density at radius 3 is 2.11 bits per heavy atom. The van der Waals surface area contributed by atoms with Gasteiger partial charge in [0.25, 0.3) is 0 Å². The van der Waals surface area contributed by atoms with Crippen molar-refractivity contribution in [1.82, 2.24) is 10.2 Å². The first-order chi connectivity index (χ1) is 8.53. The molecule has 0 fully saturated rings. The van der Waals surface area contributed by atoms with Crippen molar-refractivity contribution in [3.8, 4) is 0 Å². The Labute approximate surface area is 106 Å². The van der Waals surface area contributed by atoms with Gasteiger partial charge < -0.3 is 9.47 Å². The predicted octanol–water partition coefficient (Wildman–Crippen LogP) is 0.144.